The molecule has 222 valence electrons. The van der Waals surface area contributed by atoms with Crippen LogP contribution >= 0.6 is 0 Å². The minimum Gasteiger partial charge on any atom is -0.481 e. The molecule has 1 aliphatic rings. The summed E-state index contributed by atoms with van der Waals surface area (Å²) in [5.41, 5.74) is 8.04. The van der Waals surface area contributed by atoms with E-state index in [1.807, 2.05) is 61.5 Å². The van der Waals surface area contributed by atoms with Crippen LogP contribution in [0.25, 0.3) is 11.1 Å². The van der Waals surface area contributed by atoms with Gasteiger partial charge in [0.15, 0.2) is 0 Å². The molecule has 10 nitrogen and oxygen atoms in total. The molecule has 6 N–H and O–H groups in total. The van der Waals surface area contributed by atoms with Gasteiger partial charge in [0, 0.05) is 26.1 Å². The third-order valence-electron chi connectivity index (χ3n) is 7.66. The number of nitrogens with one attached hydrogen (secondary N) is 2. The smallest absolute Gasteiger partial charge is 0.326 e. The van der Waals surface area contributed by atoms with Crippen LogP contribution in [-0.4, -0.2) is 70.2 Å². The van der Waals surface area contributed by atoms with Crippen molar-refractivity contribution >= 4 is 23.9 Å². The Balaban J connectivity index is 1.65. The molecule has 0 radical (unpaired) electrons. The van der Waals surface area contributed by atoms with Gasteiger partial charge in [-0.2, -0.15) is 0 Å². The Kier molecular flexibility index (Phi) is 11.7. The van der Waals surface area contributed by atoms with Crippen LogP contribution < -0.4 is 16.4 Å². The molecular formula is C31H42N4O6. The van der Waals surface area contributed by atoms with E-state index in [0.29, 0.717) is 19.3 Å². The third kappa shape index (κ3) is 9.31. The number of carbonyl (C=O) groups is 4. The predicted octanol–water partition coefficient (Wildman–Crippen LogP) is 3.64. The first kappa shape index (κ1) is 31.6. The molecule has 2 aromatic rings. The number of hydrogen-bond acceptors (Lipinski definition) is 5. The summed E-state index contributed by atoms with van der Waals surface area (Å²) in [7, 11) is 0. The van der Waals surface area contributed by atoms with Crippen molar-refractivity contribution in [2.75, 3.05) is 19.6 Å². The van der Waals surface area contributed by atoms with Gasteiger partial charge in [0.2, 0.25) is 5.91 Å². The Morgan fingerprint density at radius 2 is 1.56 bits per heavy atom. The van der Waals surface area contributed by atoms with Gasteiger partial charge in [-0.25, -0.2) is 9.59 Å². The Morgan fingerprint density at radius 3 is 2.15 bits per heavy atom. The Labute approximate surface area is 241 Å². The highest BCUT2D eigenvalue weighted by Gasteiger charge is 2.36. The number of unbranched alkanes of at least 4 members (excludes halogenated alkanes) is 1. The minimum atomic E-state index is -1.21. The highest BCUT2D eigenvalue weighted by molar-refractivity contribution is 5.87. The van der Waals surface area contributed by atoms with Crippen LogP contribution in [0, 0.1) is 5.92 Å². The highest BCUT2D eigenvalue weighted by atomic mass is 16.4. The van der Waals surface area contributed by atoms with Gasteiger partial charge in [0.25, 0.3) is 0 Å². The van der Waals surface area contributed by atoms with Gasteiger partial charge in [-0.15, -0.1) is 0 Å². The van der Waals surface area contributed by atoms with Crippen LogP contribution in [0.2, 0.25) is 0 Å². The van der Waals surface area contributed by atoms with E-state index in [2.05, 4.69) is 10.6 Å². The van der Waals surface area contributed by atoms with Crippen molar-refractivity contribution in [3.05, 3.63) is 60.2 Å². The average molecular weight is 567 g/mol. The summed E-state index contributed by atoms with van der Waals surface area (Å²) in [5, 5.41) is 25.0. The lowest BCUT2D eigenvalue weighted by Crippen LogP contribution is -2.57. The maximum atomic E-state index is 13.2. The molecule has 0 aliphatic heterocycles. The summed E-state index contributed by atoms with van der Waals surface area (Å²) in [6.07, 6.45) is 5.23. The quantitative estimate of drug-likeness (QED) is 0.233. The second kappa shape index (κ2) is 15.2. The Morgan fingerprint density at radius 1 is 0.927 bits per heavy atom. The van der Waals surface area contributed by atoms with E-state index in [1.165, 1.54) is 4.90 Å². The van der Waals surface area contributed by atoms with Crippen molar-refractivity contribution in [2.24, 2.45) is 11.7 Å². The lowest BCUT2D eigenvalue weighted by molar-refractivity contribution is -0.142. The summed E-state index contributed by atoms with van der Waals surface area (Å²) in [6, 6.07) is 15.4. The molecule has 0 saturated heterocycles. The van der Waals surface area contributed by atoms with Crippen molar-refractivity contribution in [3.8, 4) is 11.1 Å². The number of carbonyl (C=O) groups excluding carboxylic acids is 2. The summed E-state index contributed by atoms with van der Waals surface area (Å²) in [4.78, 5) is 51.4. The monoisotopic (exact) mass is 566 g/mol. The lowest BCUT2D eigenvalue weighted by Gasteiger charge is -2.32. The molecule has 0 heterocycles. The number of carboxylic acids is 2. The Hall–Kier alpha value is -3.92. The number of aliphatic carboxylic acids is 2. The molecular weight excluding hydrogens is 524 g/mol. The standard InChI is InChI=1S/C31H42N4O6/c1-2-3-18-35(21-25(27(36)37)20-33-29(40)31(32)16-8-5-9-17-31)30(41)34-26(28(38)39)19-22-12-14-24(15-13-22)23-10-6-4-7-11-23/h4,6-7,10-15,25-26H,2-3,5,8-9,16-21,32H2,1H3,(H,33,40)(H,34,41)(H,36,37)(H,38,39)/t25-,26+/m1/s1. The van der Waals surface area contributed by atoms with Crippen molar-refractivity contribution in [3.63, 3.8) is 0 Å². The van der Waals surface area contributed by atoms with Gasteiger partial charge in [0.05, 0.1) is 11.5 Å². The van der Waals surface area contributed by atoms with Crippen molar-refractivity contribution in [2.45, 2.75) is 69.9 Å². The van der Waals surface area contributed by atoms with Gasteiger partial charge in [-0.1, -0.05) is 87.2 Å². The molecule has 10 heteroatoms. The lowest BCUT2D eigenvalue weighted by atomic mass is 9.82. The number of nitrogens with two attached hydrogens (primary N) is 1. The number of hydrogen-bond donors (Lipinski definition) is 5. The number of rotatable bonds is 14. The molecule has 3 amide bonds. The van der Waals surface area contributed by atoms with E-state index in [1.54, 1.807) is 0 Å². The third-order valence-corrected chi connectivity index (χ3v) is 7.66. The van der Waals surface area contributed by atoms with Gasteiger partial charge >= 0.3 is 18.0 Å². The van der Waals surface area contributed by atoms with E-state index in [9.17, 15) is 29.4 Å². The maximum Gasteiger partial charge on any atom is 0.326 e. The zero-order valence-electron chi connectivity index (χ0n) is 23.7. The number of amides is 3. The van der Waals surface area contributed by atoms with Crippen LogP contribution in [0.1, 0.15) is 57.4 Å². The normalized spacial score (nSPS) is 15.8. The van der Waals surface area contributed by atoms with E-state index in [0.717, 1.165) is 42.4 Å². The van der Waals surface area contributed by atoms with Crippen LogP contribution in [0.3, 0.4) is 0 Å². The summed E-state index contributed by atoms with van der Waals surface area (Å²) >= 11 is 0. The van der Waals surface area contributed by atoms with Gasteiger partial charge in [-0.3, -0.25) is 9.59 Å². The second-order valence-corrected chi connectivity index (χ2v) is 10.9. The molecule has 0 aromatic heterocycles. The molecule has 41 heavy (non-hydrogen) atoms. The van der Waals surface area contributed by atoms with Crippen molar-refractivity contribution in [1.82, 2.24) is 15.5 Å². The Bertz CT molecular complexity index is 1160. The molecule has 0 unspecified atom stereocenters. The van der Waals surface area contributed by atoms with Gasteiger partial charge in [-0.05, 0) is 36.0 Å². The number of benzene rings is 2. The SMILES string of the molecule is CCCCN(C[C@@H](CNC(=O)C1(N)CCCCC1)C(=O)O)C(=O)N[C@@H](Cc1ccc(-c2ccccc2)cc1)C(=O)O. The summed E-state index contributed by atoms with van der Waals surface area (Å²) in [6.45, 7) is 1.82. The van der Waals surface area contributed by atoms with Crippen molar-refractivity contribution < 1.29 is 29.4 Å². The molecule has 1 fully saturated rings. The molecule has 1 aliphatic carbocycles. The molecule has 2 atom stereocenters. The minimum absolute atomic E-state index is 0.0642. The molecule has 0 bridgehead atoms. The number of carboxylic acid groups (broad SMARTS) is 2. The van der Waals surface area contributed by atoms with Crippen LogP contribution in [0.15, 0.2) is 54.6 Å². The van der Waals surface area contributed by atoms with Crippen LogP contribution in [0.4, 0.5) is 4.79 Å². The largest absolute Gasteiger partial charge is 0.481 e. The van der Waals surface area contributed by atoms with Crippen molar-refractivity contribution in [1.29, 1.82) is 0 Å². The van der Waals surface area contributed by atoms with E-state index < -0.39 is 35.5 Å². The zero-order chi connectivity index (χ0) is 29.8. The maximum absolute atomic E-state index is 13.2. The fourth-order valence-electron chi connectivity index (χ4n) is 5.06. The van der Waals surface area contributed by atoms with Crippen LogP contribution in [-0.2, 0) is 20.8 Å². The first-order valence-corrected chi connectivity index (χ1v) is 14.4. The zero-order valence-corrected chi connectivity index (χ0v) is 23.7. The molecule has 1 saturated carbocycles. The van der Waals surface area contributed by atoms with Crippen LogP contribution in [0.5, 0.6) is 0 Å². The van der Waals surface area contributed by atoms with Gasteiger partial charge in [0.1, 0.15) is 6.04 Å². The average Bonchev–Trinajstić information content (AvgIpc) is 2.97. The fourth-order valence-corrected chi connectivity index (χ4v) is 5.06. The van der Waals surface area contributed by atoms with E-state index in [-0.39, 0.29) is 32.0 Å². The first-order valence-electron chi connectivity index (χ1n) is 14.4. The fraction of sp³-hybridized carbons (Fsp3) is 0.484. The summed E-state index contributed by atoms with van der Waals surface area (Å²) in [5.74, 6) is -3.81. The highest BCUT2D eigenvalue weighted by Crippen LogP contribution is 2.26. The molecule has 2 aromatic carbocycles. The first-order chi connectivity index (χ1) is 19.6. The number of urea groups is 1. The second-order valence-electron chi connectivity index (χ2n) is 10.9. The van der Waals surface area contributed by atoms with E-state index >= 15 is 0 Å². The topological polar surface area (TPSA) is 162 Å². The van der Waals surface area contributed by atoms with Gasteiger partial charge < -0.3 is 31.5 Å². The molecule has 0 spiro atoms. The summed E-state index contributed by atoms with van der Waals surface area (Å²) < 4.78 is 0. The number of nitrogens with zero attached hydrogens (tertiary/aromatic N) is 1. The molecule has 3 rings (SSSR count). The van der Waals surface area contributed by atoms with E-state index in [4.69, 9.17) is 5.73 Å². The predicted molar refractivity (Wildman–Crippen MR) is 156 cm³/mol.